The summed E-state index contributed by atoms with van der Waals surface area (Å²) in [4.78, 5) is 13.9. The molecule has 3 aromatic rings. The van der Waals surface area contributed by atoms with Gasteiger partial charge in [-0.2, -0.15) is 0 Å². The third kappa shape index (κ3) is 4.75. The third-order valence-corrected chi connectivity index (χ3v) is 6.21. The Balaban J connectivity index is 0.000000806. The summed E-state index contributed by atoms with van der Waals surface area (Å²) in [5, 5.41) is 30.3. The van der Waals surface area contributed by atoms with Crippen LogP contribution in [-0.2, 0) is 11.2 Å². The molecule has 0 amide bonds. The van der Waals surface area contributed by atoms with Crippen molar-refractivity contribution in [1.82, 2.24) is 9.88 Å². The molecule has 2 heterocycles. The molecule has 1 aromatic heterocycles. The van der Waals surface area contributed by atoms with Crippen LogP contribution in [0.3, 0.4) is 0 Å². The van der Waals surface area contributed by atoms with Gasteiger partial charge < -0.3 is 20.3 Å². The van der Waals surface area contributed by atoms with Crippen molar-refractivity contribution in [2.75, 3.05) is 19.7 Å². The zero-order valence-electron chi connectivity index (χ0n) is 15.9. The van der Waals surface area contributed by atoms with Crippen LogP contribution in [0.4, 0.5) is 0 Å². The van der Waals surface area contributed by atoms with E-state index in [0.29, 0.717) is 27.2 Å². The molecule has 30 heavy (non-hydrogen) atoms. The number of rotatable bonds is 4. The number of hydrogen-bond acceptors (Lipinski definition) is 4. The van der Waals surface area contributed by atoms with Crippen molar-refractivity contribution in [2.24, 2.45) is 0 Å². The molecule has 1 aliphatic rings. The van der Waals surface area contributed by atoms with Gasteiger partial charge in [0, 0.05) is 34.7 Å². The van der Waals surface area contributed by atoms with Crippen LogP contribution < -0.4 is 0 Å². The standard InChI is InChI=1S/C20H19Cl3N2O2.CH2O2/c21-12-2-4-17-14(8-12)13-5-6-25(18(10-26)20(13)24-17)9-19(27)11-1-3-15(22)16(23)7-11;2-1-3/h1-4,7-8,18-19,24,26-27H,5-6,9-10H2;1H,(H,2,3). The number of fused-ring (bicyclic) bond motifs is 3. The highest BCUT2D eigenvalue weighted by atomic mass is 35.5. The molecule has 9 heteroatoms. The Morgan fingerprint density at radius 3 is 2.57 bits per heavy atom. The van der Waals surface area contributed by atoms with E-state index in [0.717, 1.165) is 29.6 Å². The number of aromatic amines is 1. The summed E-state index contributed by atoms with van der Waals surface area (Å²) in [7, 11) is 0. The molecule has 0 radical (unpaired) electrons. The van der Waals surface area contributed by atoms with Gasteiger partial charge in [-0.1, -0.05) is 40.9 Å². The number of nitrogens with one attached hydrogen (secondary N) is 1. The number of carbonyl (C=O) groups is 1. The van der Waals surface area contributed by atoms with E-state index in [2.05, 4.69) is 9.88 Å². The van der Waals surface area contributed by atoms with E-state index in [-0.39, 0.29) is 19.1 Å². The first kappa shape index (κ1) is 22.9. The third-order valence-electron chi connectivity index (χ3n) is 5.23. The van der Waals surface area contributed by atoms with E-state index in [1.807, 2.05) is 18.2 Å². The topological polar surface area (TPSA) is 96.8 Å². The minimum absolute atomic E-state index is 0.0400. The van der Waals surface area contributed by atoms with E-state index in [1.165, 1.54) is 5.56 Å². The maximum atomic E-state index is 10.7. The molecule has 160 valence electrons. The average Bonchev–Trinajstić information content (AvgIpc) is 3.08. The van der Waals surface area contributed by atoms with Crippen molar-refractivity contribution >= 4 is 52.2 Å². The highest BCUT2D eigenvalue weighted by Crippen LogP contribution is 2.36. The number of β-amino-alcohol motifs (C(OH)–C–C–N with tert-alkyl or cyclic N) is 1. The van der Waals surface area contributed by atoms with Crippen LogP contribution in [0.5, 0.6) is 0 Å². The van der Waals surface area contributed by atoms with Gasteiger partial charge in [-0.3, -0.25) is 9.69 Å². The molecule has 0 aliphatic carbocycles. The maximum absolute atomic E-state index is 10.7. The lowest BCUT2D eigenvalue weighted by Crippen LogP contribution is -2.39. The van der Waals surface area contributed by atoms with E-state index in [9.17, 15) is 10.2 Å². The number of aliphatic hydroxyl groups excluding tert-OH is 2. The van der Waals surface area contributed by atoms with E-state index in [4.69, 9.17) is 44.7 Å². The normalized spacial score (nSPS) is 17.2. The number of aromatic nitrogens is 1. The van der Waals surface area contributed by atoms with Gasteiger partial charge in [0.25, 0.3) is 6.47 Å². The minimum Gasteiger partial charge on any atom is -0.483 e. The number of hydrogen-bond donors (Lipinski definition) is 4. The predicted molar refractivity (Wildman–Crippen MR) is 119 cm³/mol. The quantitative estimate of drug-likeness (QED) is 0.421. The van der Waals surface area contributed by atoms with Crippen molar-refractivity contribution in [3.63, 3.8) is 0 Å². The highest BCUT2D eigenvalue weighted by molar-refractivity contribution is 6.42. The lowest BCUT2D eigenvalue weighted by molar-refractivity contribution is -0.122. The minimum atomic E-state index is -0.728. The SMILES string of the molecule is O=CO.OCC1c2[nH]c3ccc(Cl)cc3c2CCN1CC(O)c1ccc(Cl)c(Cl)c1. The molecule has 0 spiro atoms. The van der Waals surface area contributed by atoms with Crippen molar-refractivity contribution in [2.45, 2.75) is 18.6 Å². The van der Waals surface area contributed by atoms with Gasteiger partial charge in [0.15, 0.2) is 0 Å². The Morgan fingerprint density at radius 1 is 1.17 bits per heavy atom. The fourth-order valence-corrected chi connectivity index (χ4v) is 4.34. The summed E-state index contributed by atoms with van der Waals surface area (Å²) in [6, 6.07) is 10.7. The van der Waals surface area contributed by atoms with Crippen molar-refractivity contribution < 1.29 is 20.1 Å². The fraction of sp³-hybridized carbons (Fsp3) is 0.286. The second kappa shape index (κ2) is 10.0. The Morgan fingerprint density at radius 2 is 1.90 bits per heavy atom. The molecule has 4 rings (SSSR count). The molecule has 0 saturated heterocycles. The van der Waals surface area contributed by atoms with Gasteiger partial charge in [-0.15, -0.1) is 0 Å². The molecule has 0 fully saturated rings. The van der Waals surface area contributed by atoms with Crippen LogP contribution in [0.2, 0.25) is 15.1 Å². The molecule has 0 saturated carbocycles. The summed E-state index contributed by atoms with van der Waals surface area (Å²) in [6.07, 6.45) is 0.0921. The first-order valence-electron chi connectivity index (χ1n) is 9.25. The molecule has 1 aliphatic heterocycles. The van der Waals surface area contributed by atoms with Gasteiger partial charge in [-0.25, -0.2) is 0 Å². The van der Waals surface area contributed by atoms with Crippen LogP contribution in [0, 0.1) is 0 Å². The Bertz CT molecular complexity index is 1040. The Labute approximate surface area is 188 Å². The molecule has 4 N–H and O–H groups in total. The van der Waals surface area contributed by atoms with Gasteiger partial charge in [0.2, 0.25) is 0 Å². The van der Waals surface area contributed by atoms with Gasteiger partial charge in [0.1, 0.15) is 0 Å². The van der Waals surface area contributed by atoms with Crippen LogP contribution in [0.15, 0.2) is 36.4 Å². The lowest BCUT2D eigenvalue weighted by atomic mass is 9.96. The largest absolute Gasteiger partial charge is 0.483 e. The van der Waals surface area contributed by atoms with E-state index >= 15 is 0 Å². The van der Waals surface area contributed by atoms with Crippen LogP contribution >= 0.6 is 34.8 Å². The monoisotopic (exact) mass is 470 g/mol. The summed E-state index contributed by atoms with van der Waals surface area (Å²) in [5.74, 6) is 0. The van der Waals surface area contributed by atoms with E-state index in [1.54, 1.807) is 18.2 Å². The van der Waals surface area contributed by atoms with Gasteiger partial charge in [-0.05, 0) is 47.9 Å². The number of benzene rings is 2. The predicted octanol–water partition coefficient (Wildman–Crippen LogP) is 4.45. The zero-order chi connectivity index (χ0) is 21.8. The summed E-state index contributed by atoms with van der Waals surface area (Å²) < 4.78 is 0. The Kier molecular flexibility index (Phi) is 7.63. The second-order valence-corrected chi connectivity index (χ2v) is 8.20. The smallest absolute Gasteiger partial charge is 0.290 e. The lowest BCUT2D eigenvalue weighted by Gasteiger charge is -2.36. The van der Waals surface area contributed by atoms with Crippen molar-refractivity contribution in [3.05, 3.63) is 68.3 Å². The Hall–Kier alpha value is -1.80. The maximum Gasteiger partial charge on any atom is 0.290 e. The number of aliphatic hydroxyl groups is 2. The summed E-state index contributed by atoms with van der Waals surface area (Å²) in [6.45, 7) is 0.830. The average molecular weight is 472 g/mol. The molecular weight excluding hydrogens is 451 g/mol. The van der Waals surface area contributed by atoms with E-state index < -0.39 is 6.10 Å². The van der Waals surface area contributed by atoms with Gasteiger partial charge >= 0.3 is 0 Å². The van der Waals surface area contributed by atoms with Crippen molar-refractivity contribution in [3.8, 4) is 0 Å². The fourth-order valence-electron chi connectivity index (χ4n) is 3.86. The van der Waals surface area contributed by atoms with Crippen LogP contribution in [0.25, 0.3) is 10.9 Å². The molecule has 2 atom stereocenters. The van der Waals surface area contributed by atoms with Crippen molar-refractivity contribution in [1.29, 1.82) is 0 Å². The highest BCUT2D eigenvalue weighted by Gasteiger charge is 2.31. The van der Waals surface area contributed by atoms with Crippen LogP contribution in [0.1, 0.15) is 29.0 Å². The zero-order valence-corrected chi connectivity index (χ0v) is 18.1. The van der Waals surface area contributed by atoms with Gasteiger partial charge in [0.05, 0.1) is 28.8 Å². The molecule has 2 unspecified atom stereocenters. The number of halogens is 3. The summed E-state index contributed by atoms with van der Waals surface area (Å²) in [5.41, 5.74) is 3.89. The first-order valence-corrected chi connectivity index (χ1v) is 10.4. The number of H-pyrrole nitrogens is 1. The number of nitrogens with zero attached hydrogens (tertiary/aromatic N) is 1. The summed E-state index contributed by atoms with van der Waals surface area (Å²) >= 11 is 18.2. The molecule has 0 bridgehead atoms. The molecule has 2 aromatic carbocycles. The first-order chi connectivity index (χ1) is 14.4. The second-order valence-electron chi connectivity index (χ2n) is 6.95. The molecule has 6 nitrogen and oxygen atoms in total. The molecular formula is C21H21Cl3N2O4. The van der Waals surface area contributed by atoms with Crippen LogP contribution in [-0.4, -0.2) is 51.4 Å². The number of carboxylic acid groups (broad SMARTS) is 1.